The first-order valence-corrected chi connectivity index (χ1v) is 4.61. The lowest BCUT2D eigenvalue weighted by Crippen LogP contribution is -2.39. The fraction of sp³-hybridized carbons (Fsp3) is 0.889. The van der Waals surface area contributed by atoms with E-state index in [-0.39, 0.29) is 17.9 Å². The number of rotatable bonds is 2. The Hall–Kier alpha value is -0.570. The molecule has 0 heterocycles. The summed E-state index contributed by atoms with van der Waals surface area (Å²) in [5, 5.41) is 8.80. The maximum Gasteiger partial charge on any atom is 0.306 e. The van der Waals surface area contributed by atoms with E-state index in [2.05, 4.69) is 0 Å². The maximum atomic E-state index is 10.7. The lowest BCUT2D eigenvalue weighted by molar-refractivity contribution is -0.143. The van der Waals surface area contributed by atoms with Crippen LogP contribution in [0.15, 0.2) is 0 Å². The van der Waals surface area contributed by atoms with Crippen LogP contribution in [0.2, 0.25) is 0 Å². The lowest BCUT2D eigenvalue weighted by atomic mass is 9.77. The summed E-state index contributed by atoms with van der Waals surface area (Å²) in [6, 6.07) is 0.102. The molecule has 1 saturated carbocycles. The average Bonchev–Trinajstić information content (AvgIpc) is 2.04. The molecule has 3 heteroatoms. The van der Waals surface area contributed by atoms with Crippen LogP contribution in [0.5, 0.6) is 0 Å². The average molecular weight is 171 g/mol. The van der Waals surface area contributed by atoms with Crippen molar-refractivity contribution in [2.24, 2.45) is 17.6 Å². The highest BCUT2D eigenvalue weighted by molar-refractivity contribution is 5.70. The Bertz CT molecular complexity index is 170. The fourth-order valence-corrected chi connectivity index (χ4v) is 1.99. The Morgan fingerprint density at radius 1 is 1.50 bits per heavy atom. The van der Waals surface area contributed by atoms with Crippen LogP contribution in [-0.4, -0.2) is 17.1 Å². The number of hydrogen-bond donors (Lipinski definition) is 2. The largest absolute Gasteiger partial charge is 0.481 e. The molecule has 0 radical (unpaired) electrons. The monoisotopic (exact) mass is 171 g/mol. The molecule has 0 amide bonds. The van der Waals surface area contributed by atoms with Crippen molar-refractivity contribution in [2.45, 2.75) is 38.6 Å². The highest BCUT2D eigenvalue weighted by atomic mass is 16.4. The van der Waals surface area contributed by atoms with Gasteiger partial charge in [-0.15, -0.1) is 0 Å². The highest BCUT2D eigenvalue weighted by Gasteiger charge is 2.30. The first kappa shape index (κ1) is 9.52. The molecule has 0 aromatic carbocycles. The molecular weight excluding hydrogens is 154 g/mol. The molecule has 0 unspecified atom stereocenters. The Balaban J connectivity index is 2.53. The van der Waals surface area contributed by atoms with Crippen LogP contribution in [0.3, 0.4) is 0 Å². The molecular formula is C9H17NO2. The summed E-state index contributed by atoms with van der Waals surface area (Å²) >= 11 is 0. The molecule has 1 rings (SSSR count). The molecule has 1 fully saturated rings. The van der Waals surface area contributed by atoms with Gasteiger partial charge < -0.3 is 10.8 Å². The Morgan fingerprint density at radius 2 is 2.08 bits per heavy atom. The van der Waals surface area contributed by atoms with Crippen LogP contribution < -0.4 is 5.73 Å². The molecule has 70 valence electrons. The van der Waals surface area contributed by atoms with Crippen molar-refractivity contribution in [1.29, 1.82) is 0 Å². The van der Waals surface area contributed by atoms with E-state index < -0.39 is 5.97 Å². The van der Waals surface area contributed by atoms with Gasteiger partial charge in [0.05, 0.1) is 5.92 Å². The second-order valence-corrected chi connectivity index (χ2v) is 3.74. The molecule has 0 aliphatic heterocycles. The lowest BCUT2D eigenvalue weighted by Gasteiger charge is -2.31. The van der Waals surface area contributed by atoms with E-state index in [1.165, 1.54) is 0 Å². The molecule has 0 spiro atoms. The van der Waals surface area contributed by atoms with Crippen LogP contribution in [0.4, 0.5) is 0 Å². The van der Waals surface area contributed by atoms with Gasteiger partial charge in [0, 0.05) is 6.04 Å². The summed E-state index contributed by atoms with van der Waals surface area (Å²) in [7, 11) is 0. The maximum absolute atomic E-state index is 10.7. The fourth-order valence-electron chi connectivity index (χ4n) is 1.99. The summed E-state index contributed by atoms with van der Waals surface area (Å²) in [5.74, 6) is -0.797. The van der Waals surface area contributed by atoms with Gasteiger partial charge in [0.15, 0.2) is 0 Å². The predicted octanol–water partition coefficient (Wildman–Crippen LogP) is 1.22. The molecule has 0 bridgehead atoms. The summed E-state index contributed by atoms with van der Waals surface area (Å²) < 4.78 is 0. The summed E-state index contributed by atoms with van der Waals surface area (Å²) in [5.41, 5.74) is 5.85. The first-order valence-electron chi connectivity index (χ1n) is 4.61. The van der Waals surface area contributed by atoms with E-state index in [1.807, 2.05) is 0 Å². The number of carboxylic acid groups (broad SMARTS) is 1. The number of carboxylic acids is 1. The van der Waals surface area contributed by atoms with E-state index in [0.717, 1.165) is 25.7 Å². The first-order chi connectivity index (χ1) is 5.63. The Labute approximate surface area is 72.9 Å². The molecule has 0 aromatic rings. The minimum absolute atomic E-state index is 0.102. The molecule has 12 heavy (non-hydrogen) atoms. The predicted molar refractivity (Wildman–Crippen MR) is 46.7 cm³/mol. The zero-order chi connectivity index (χ0) is 9.14. The van der Waals surface area contributed by atoms with Crippen molar-refractivity contribution < 1.29 is 9.90 Å². The summed E-state index contributed by atoms with van der Waals surface area (Å²) in [6.45, 7) is 1.76. The van der Waals surface area contributed by atoms with Crippen molar-refractivity contribution in [2.75, 3.05) is 0 Å². The number of nitrogens with two attached hydrogens (primary N) is 1. The molecule has 0 saturated heterocycles. The van der Waals surface area contributed by atoms with Crippen LogP contribution in [-0.2, 0) is 4.79 Å². The van der Waals surface area contributed by atoms with Gasteiger partial charge in [0.25, 0.3) is 0 Å². The highest BCUT2D eigenvalue weighted by Crippen LogP contribution is 2.29. The molecule has 1 aliphatic carbocycles. The normalized spacial score (nSPS) is 32.8. The topological polar surface area (TPSA) is 63.3 Å². The van der Waals surface area contributed by atoms with Crippen LogP contribution in [0, 0.1) is 11.8 Å². The quantitative estimate of drug-likeness (QED) is 0.656. The van der Waals surface area contributed by atoms with E-state index in [9.17, 15) is 4.79 Å². The van der Waals surface area contributed by atoms with Gasteiger partial charge in [-0.2, -0.15) is 0 Å². The molecule has 1 aliphatic rings. The van der Waals surface area contributed by atoms with E-state index in [0.29, 0.717) is 0 Å². The molecule has 0 aromatic heterocycles. The van der Waals surface area contributed by atoms with Crippen LogP contribution in [0.1, 0.15) is 32.6 Å². The van der Waals surface area contributed by atoms with Gasteiger partial charge in [-0.05, 0) is 18.8 Å². The van der Waals surface area contributed by atoms with E-state index in [4.69, 9.17) is 10.8 Å². The zero-order valence-electron chi connectivity index (χ0n) is 7.49. The molecule has 3 N–H and O–H groups in total. The van der Waals surface area contributed by atoms with Crippen LogP contribution >= 0.6 is 0 Å². The van der Waals surface area contributed by atoms with Crippen molar-refractivity contribution >= 4 is 5.97 Å². The van der Waals surface area contributed by atoms with Gasteiger partial charge in [-0.1, -0.05) is 19.8 Å². The Morgan fingerprint density at radius 3 is 2.58 bits per heavy atom. The minimum Gasteiger partial charge on any atom is -0.481 e. The van der Waals surface area contributed by atoms with E-state index >= 15 is 0 Å². The third-order valence-electron chi connectivity index (χ3n) is 2.91. The van der Waals surface area contributed by atoms with Crippen molar-refractivity contribution in [3.05, 3.63) is 0 Å². The molecule has 3 nitrogen and oxygen atoms in total. The van der Waals surface area contributed by atoms with Gasteiger partial charge in [0.2, 0.25) is 0 Å². The summed E-state index contributed by atoms with van der Waals surface area (Å²) in [4.78, 5) is 10.7. The summed E-state index contributed by atoms with van der Waals surface area (Å²) in [6.07, 6.45) is 4.26. The second-order valence-electron chi connectivity index (χ2n) is 3.74. The van der Waals surface area contributed by atoms with Crippen molar-refractivity contribution in [3.8, 4) is 0 Å². The van der Waals surface area contributed by atoms with Crippen molar-refractivity contribution in [1.82, 2.24) is 0 Å². The standard InChI is InChI=1S/C9H17NO2/c1-6(9(11)12)7-4-2-3-5-8(7)10/h6-8H,2-5,10H2,1H3,(H,11,12)/t6-,7-,8-/m0/s1. The minimum atomic E-state index is -0.711. The third kappa shape index (κ3) is 1.97. The van der Waals surface area contributed by atoms with Crippen LogP contribution in [0.25, 0.3) is 0 Å². The van der Waals surface area contributed by atoms with E-state index in [1.54, 1.807) is 6.92 Å². The zero-order valence-corrected chi connectivity index (χ0v) is 7.49. The smallest absolute Gasteiger partial charge is 0.306 e. The third-order valence-corrected chi connectivity index (χ3v) is 2.91. The van der Waals surface area contributed by atoms with Gasteiger partial charge in [-0.3, -0.25) is 4.79 Å². The second kappa shape index (κ2) is 3.90. The number of aliphatic carboxylic acids is 1. The van der Waals surface area contributed by atoms with Gasteiger partial charge in [-0.25, -0.2) is 0 Å². The number of hydrogen-bond acceptors (Lipinski definition) is 2. The number of carbonyl (C=O) groups is 1. The van der Waals surface area contributed by atoms with Gasteiger partial charge in [0.1, 0.15) is 0 Å². The van der Waals surface area contributed by atoms with Crippen molar-refractivity contribution in [3.63, 3.8) is 0 Å². The van der Waals surface area contributed by atoms with Gasteiger partial charge >= 0.3 is 5.97 Å². The SMILES string of the molecule is C[C@H](C(=O)O)[C@@H]1CCCC[C@@H]1N. The Kier molecular flexibility index (Phi) is 3.09. The molecule has 3 atom stereocenters.